The van der Waals surface area contributed by atoms with Crippen LogP contribution >= 0.6 is 11.6 Å². The second-order valence-electron chi connectivity index (χ2n) is 6.99. The van der Waals surface area contributed by atoms with Crippen molar-refractivity contribution in [3.63, 3.8) is 0 Å². The fourth-order valence-corrected chi connectivity index (χ4v) is 3.44. The molecular formula is C22H24ClN3O3. The van der Waals surface area contributed by atoms with E-state index in [1.54, 1.807) is 53.4 Å². The second-order valence-corrected chi connectivity index (χ2v) is 7.42. The summed E-state index contributed by atoms with van der Waals surface area (Å²) < 4.78 is 0. The van der Waals surface area contributed by atoms with E-state index in [4.69, 9.17) is 11.6 Å². The molecule has 1 fully saturated rings. The molecule has 29 heavy (non-hydrogen) atoms. The van der Waals surface area contributed by atoms with Gasteiger partial charge in [-0.15, -0.1) is 0 Å². The van der Waals surface area contributed by atoms with E-state index in [1.807, 2.05) is 6.07 Å². The zero-order chi connectivity index (χ0) is 20.6. The molecule has 3 rings (SSSR count). The number of hydrogen-bond donors (Lipinski definition) is 2. The SMILES string of the molecule is O=C(NCCNC(=O)C1CCN(C(=O)c2ccc(Cl)cc2)CC1)c1ccccc1. The standard InChI is InChI=1S/C22H24ClN3O3/c23-19-8-6-18(7-9-19)22(29)26-14-10-17(11-15-26)21(28)25-13-12-24-20(27)16-4-2-1-3-5-16/h1-9,17H,10-15H2,(H,24,27)(H,25,28). The highest BCUT2D eigenvalue weighted by Gasteiger charge is 2.27. The molecule has 152 valence electrons. The fourth-order valence-electron chi connectivity index (χ4n) is 3.32. The maximum Gasteiger partial charge on any atom is 0.253 e. The van der Waals surface area contributed by atoms with Crippen molar-refractivity contribution < 1.29 is 14.4 Å². The molecule has 2 aromatic carbocycles. The van der Waals surface area contributed by atoms with E-state index in [0.717, 1.165) is 0 Å². The number of nitrogens with one attached hydrogen (secondary N) is 2. The fraction of sp³-hybridized carbons (Fsp3) is 0.318. The predicted octanol–water partition coefficient (Wildman–Crippen LogP) is 2.74. The molecule has 0 radical (unpaired) electrons. The van der Waals surface area contributed by atoms with Gasteiger partial charge in [0, 0.05) is 48.2 Å². The van der Waals surface area contributed by atoms with Gasteiger partial charge < -0.3 is 15.5 Å². The van der Waals surface area contributed by atoms with Gasteiger partial charge in [-0.05, 0) is 49.2 Å². The summed E-state index contributed by atoms with van der Waals surface area (Å²) in [6, 6.07) is 15.8. The Bertz CT molecular complexity index is 847. The molecule has 0 bridgehead atoms. The third kappa shape index (κ3) is 5.81. The summed E-state index contributed by atoms with van der Waals surface area (Å²) in [5, 5.41) is 6.25. The second kappa shape index (κ2) is 10.1. The molecule has 0 saturated carbocycles. The predicted molar refractivity (Wildman–Crippen MR) is 112 cm³/mol. The molecule has 3 amide bonds. The van der Waals surface area contributed by atoms with Crippen molar-refractivity contribution in [2.75, 3.05) is 26.2 Å². The van der Waals surface area contributed by atoms with Gasteiger partial charge in [0.2, 0.25) is 5.91 Å². The Balaban J connectivity index is 1.37. The smallest absolute Gasteiger partial charge is 0.253 e. The average molecular weight is 414 g/mol. The molecular weight excluding hydrogens is 390 g/mol. The van der Waals surface area contributed by atoms with Crippen molar-refractivity contribution in [1.82, 2.24) is 15.5 Å². The van der Waals surface area contributed by atoms with Crippen LogP contribution in [0.4, 0.5) is 0 Å². The highest BCUT2D eigenvalue weighted by molar-refractivity contribution is 6.30. The van der Waals surface area contributed by atoms with Gasteiger partial charge >= 0.3 is 0 Å². The summed E-state index contributed by atoms with van der Waals surface area (Å²) in [4.78, 5) is 38.6. The Labute approximate surface area is 175 Å². The molecule has 1 aliphatic heterocycles. The lowest BCUT2D eigenvalue weighted by molar-refractivity contribution is -0.126. The molecule has 2 N–H and O–H groups in total. The molecule has 2 aromatic rings. The maximum absolute atomic E-state index is 12.5. The van der Waals surface area contributed by atoms with Gasteiger partial charge in [-0.3, -0.25) is 14.4 Å². The minimum Gasteiger partial charge on any atom is -0.354 e. The summed E-state index contributed by atoms with van der Waals surface area (Å²) in [5.41, 5.74) is 1.20. The van der Waals surface area contributed by atoms with E-state index in [2.05, 4.69) is 10.6 Å². The number of piperidine rings is 1. The largest absolute Gasteiger partial charge is 0.354 e. The number of carbonyl (C=O) groups excluding carboxylic acids is 3. The number of likely N-dealkylation sites (tertiary alicyclic amines) is 1. The summed E-state index contributed by atoms with van der Waals surface area (Å²) in [6.45, 7) is 1.84. The van der Waals surface area contributed by atoms with Crippen LogP contribution in [0.15, 0.2) is 54.6 Å². The van der Waals surface area contributed by atoms with Crippen LogP contribution in [-0.4, -0.2) is 48.8 Å². The van der Waals surface area contributed by atoms with E-state index in [9.17, 15) is 14.4 Å². The van der Waals surface area contributed by atoms with E-state index in [-0.39, 0.29) is 23.6 Å². The van der Waals surface area contributed by atoms with E-state index in [1.165, 1.54) is 0 Å². The molecule has 1 heterocycles. The normalized spacial score (nSPS) is 14.3. The van der Waals surface area contributed by atoms with Crippen molar-refractivity contribution in [1.29, 1.82) is 0 Å². The summed E-state index contributed by atoms with van der Waals surface area (Å²) in [5.74, 6) is -0.343. The minimum atomic E-state index is -0.158. The van der Waals surface area contributed by atoms with Crippen LogP contribution in [0.1, 0.15) is 33.6 Å². The van der Waals surface area contributed by atoms with Gasteiger partial charge in [0.15, 0.2) is 0 Å². The average Bonchev–Trinajstić information content (AvgIpc) is 2.77. The zero-order valence-corrected chi connectivity index (χ0v) is 16.8. The van der Waals surface area contributed by atoms with Crippen molar-refractivity contribution in [2.24, 2.45) is 5.92 Å². The molecule has 7 heteroatoms. The summed E-state index contributed by atoms with van der Waals surface area (Å²) in [6.07, 6.45) is 1.25. The molecule has 1 saturated heterocycles. The summed E-state index contributed by atoms with van der Waals surface area (Å²) >= 11 is 5.86. The van der Waals surface area contributed by atoms with Gasteiger partial charge in [-0.2, -0.15) is 0 Å². The van der Waals surface area contributed by atoms with Crippen molar-refractivity contribution in [2.45, 2.75) is 12.8 Å². The highest BCUT2D eigenvalue weighted by atomic mass is 35.5. The molecule has 6 nitrogen and oxygen atoms in total. The lowest BCUT2D eigenvalue weighted by atomic mass is 9.95. The van der Waals surface area contributed by atoms with E-state index >= 15 is 0 Å². The van der Waals surface area contributed by atoms with Gasteiger partial charge in [0.1, 0.15) is 0 Å². The zero-order valence-electron chi connectivity index (χ0n) is 16.1. The van der Waals surface area contributed by atoms with Crippen molar-refractivity contribution in [3.05, 3.63) is 70.7 Å². The van der Waals surface area contributed by atoms with Crippen LogP contribution in [-0.2, 0) is 4.79 Å². The van der Waals surface area contributed by atoms with Crippen molar-refractivity contribution in [3.8, 4) is 0 Å². The third-order valence-corrected chi connectivity index (χ3v) is 5.24. The molecule has 1 aliphatic rings. The van der Waals surface area contributed by atoms with Crippen LogP contribution in [0.2, 0.25) is 5.02 Å². The summed E-state index contributed by atoms with van der Waals surface area (Å²) in [7, 11) is 0. The van der Waals surface area contributed by atoms with Crippen LogP contribution in [0.5, 0.6) is 0 Å². The number of benzene rings is 2. The Kier molecular flexibility index (Phi) is 7.25. The van der Waals surface area contributed by atoms with Crippen LogP contribution in [0.25, 0.3) is 0 Å². The quantitative estimate of drug-likeness (QED) is 0.715. The Hall–Kier alpha value is -2.86. The van der Waals surface area contributed by atoms with Crippen LogP contribution in [0, 0.1) is 5.92 Å². The Morgan fingerprint density at radius 1 is 0.862 bits per heavy atom. The molecule has 0 spiro atoms. The Morgan fingerprint density at radius 2 is 1.48 bits per heavy atom. The lowest BCUT2D eigenvalue weighted by Crippen LogP contribution is -2.44. The first-order valence-corrected chi connectivity index (χ1v) is 10.1. The number of halogens is 1. The topological polar surface area (TPSA) is 78.5 Å². The maximum atomic E-state index is 12.5. The number of carbonyl (C=O) groups is 3. The molecule has 0 atom stereocenters. The molecule has 0 aliphatic carbocycles. The van der Waals surface area contributed by atoms with Crippen molar-refractivity contribution >= 4 is 29.3 Å². The Morgan fingerprint density at radius 3 is 2.14 bits per heavy atom. The van der Waals surface area contributed by atoms with Gasteiger partial charge in [0.25, 0.3) is 11.8 Å². The first kappa shape index (κ1) is 20.9. The number of amides is 3. The first-order valence-electron chi connectivity index (χ1n) is 9.70. The first-order chi connectivity index (χ1) is 14.0. The molecule has 0 unspecified atom stereocenters. The van der Waals surface area contributed by atoms with Gasteiger partial charge in [0.05, 0.1) is 0 Å². The van der Waals surface area contributed by atoms with Gasteiger partial charge in [-0.1, -0.05) is 29.8 Å². The van der Waals surface area contributed by atoms with E-state index in [0.29, 0.717) is 55.2 Å². The minimum absolute atomic E-state index is 0.0300. The van der Waals surface area contributed by atoms with E-state index < -0.39 is 0 Å². The highest BCUT2D eigenvalue weighted by Crippen LogP contribution is 2.20. The van der Waals surface area contributed by atoms with Gasteiger partial charge in [-0.25, -0.2) is 0 Å². The van der Waals surface area contributed by atoms with Crippen LogP contribution in [0.3, 0.4) is 0 Å². The number of hydrogen-bond acceptors (Lipinski definition) is 3. The third-order valence-electron chi connectivity index (χ3n) is 4.99. The number of nitrogens with zero attached hydrogens (tertiary/aromatic N) is 1. The number of rotatable bonds is 6. The molecule has 0 aromatic heterocycles. The lowest BCUT2D eigenvalue weighted by Gasteiger charge is -2.31. The van der Waals surface area contributed by atoms with Crippen LogP contribution < -0.4 is 10.6 Å². The monoisotopic (exact) mass is 413 g/mol.